The zero-order valence-electron chi connectivity index (χ0n) is 31.6. The van der Waals surface area contributed by atoms with Crippen LogP contribution in [0.3, 0.4) is 0 Å². The summed E-state index contributed by atoms with van der Waals surface area (Å²) >= 11 is 0. The topological polar surface area (TPSA) is 196 Å². The average molecular weight is 735 g/mol. The lowest BCUT2D eigenvalue weighted by molar-refractivity contribution is -0.374. The Morgan fingerprint density at radius 3 is 2.19 bits per heavy atom. The molecule has 294 valence electrons. The summed E-state index contributed by atoms with van der Waals surface area (Å²) in [6.45, 7) is 12.0. The fourth-order valence-corrected chi connectivity index (χ4v) is 11.0. The first-order chi connectivity index (χ1) is 24.5. The third-order valence-corrected chi connectivity index (χ3v) is 13.9. The van der Waals surface area contributed by atoms with E-state index in [-0.39, 0.29) is 28.6 Å². The van der Waals surface area contributed by atoms with Gasteiger partial charge in [0.2, 0.25) is 0 Å². The SMILES string of the molecule is CC(C)=CC(=O)CC(C)C1CC=C2C3=C(CCC21C)C1(C)CCC(OC2OC(CO)C(O)C(O)C2OC2OC(CO)C(O)C(O)C2O)C(C)C1CC3. The van der Waals surface area contributed by atoms with Crippen LogP contribution in [0, 0.1) is 34.5 Å². The fraction of sp³-hybridized carbons (Fsp3) is 0.825. The normalized spacial score (nSPS) is 46.8. The molecular weight excluding hydrogens is 672 g/mol. The Morgan fingerprint density at radius 2 is 1.54 bits per heavy atom. The Labute approximate surface area is 307 Å². The van der Waals surface area contributed by atoms with Gasteiger partial charge in [-0.25, -0.2) is 0 Å². The molecule has 17 atom stereocenters. The lowest BCUT2D eigenvalue weighted by atomic mass is 9.49. The standard InChI is InChI=1S/C40H62O12/c1-19(2)15-22(43)16-20(3)24-9-10-26-23-7-8-25-21(4)28(12-14-40(25,6)27(23)11-13-39(24,26)5)49-38-36(34(47)32(45)30(18-42)51-38)52-37-35(48)33(46)31(44)29(17-41)50-37/h10,15,20-21,24-25,28-38,41-42,44-48H,7-9,11-14,16-18H2,1-6H3. The first kappa shape index (κ1) is 40.1. The zero-order chi connectivity index (χ0) is 37.9. The van der Waals surface area contributed by atoms with E-state index < -0.39 is 74.6 Å². The van der Waals surface area contributed by atoms with Crippen LogP contribution >= 0.6 is 0 Å². The van der Waals surface area contributed by atoms with Gasteiger partial charge >= 0.3 is 0 Å². The highest BCUT2D eigenvalue weighted by Gasteiger charge is 2.57. The molecule has 3 fully saturated rings. The number of carbonyl (C=O) groups is 1. The number of hydrogen-bond donors (Lipinski definition) is 7. The number of fused-ring (bicyclic) bond motifs is 4. The number of aliphatic hydroxyl groups excluding tert-OH is 7. The number of ketones is 1. The van der Waals surface area contributed by atoms with Crippen molar-refractivity contribution in [2.45, 2.75) is 160 Å². The molecule has 0 aromatic heterocycles. The van der Waals surface area contributed by atoms with Crippen LogP contribution in [0.2, 0.25) is 0 Å². The zero-order valence-corrected chi connectivity index (χ0v) is 31.6. The lowest BCUT2D eigenvalue weighted by Gasteiger charge is -2.57. The molecule has 4 aliphatic carbocycles. The number of aliphatic hydroxyl groups is 7. The van der Waals surface area contributed by atoms with Crippen molar-refractivity contribution < 1.29 is 59.5 Å². The van der Waals surface area contributed by atoms with Crippen molar-refractivity contribution >= 4 is 5.78 Å². The van der Waals surface area contributed by atoms with Gasteiger partial charge in [-0.1, -0.05) is 44.9 Å². The number of ether oxygens (including phenoxy) is 4. The van der Waals surface area contributed by atoms with Crippen molar-refractivity contribution in [3.63, 3.8) is 0 Å². The van der Waals surface area contributed by atoms with Gasteiger partial charge in [0, 0.05) is 6.42 Å². The Kier molecular flexibility index (Phi) is 12.0. The highest BCUT2D eigenvalue weighted by molar-refractivity contribution is 5.90. The number of hydrogen-bond acceptors (Lipinski definition) is 12. The minimum atomic E-state index is -1.73. The summed E-state index contributed by atoms with van der Waals surface area (Å²) in [4.78, 5) is 12.7. The molecule has 0 bridgehead atoms. The predicted octanol–water partition coefficient (Wildman–Crippen LogP) is 2.45. The molecule has 0 amide bonds. The second kappa shape index (κ2) is 15.5. The monoisotopic (exact) mass is 734 g/mol. The first-order valence-corrected chi connectivity index (χ1v) is 19.4. The summed E-state index contributed by atoms with van der Waals surface area (Å²) in [6.07, 6.45) is -3.65. The molecule has 0 aromatic carbocycles. The van der Waals surface area contributed by atoms with E-state index in [0.29, 0.717) is 30.6 Å². The minimum Gasteiger partial charge on any atom is -0.394 e. The maximum atomic E-state index is 12.7. The minimum absolute atomic E-state index is 0.0266. The predicted molar refractivity (Wildman–Crippen MR) is 189 cm³/mol. The van der Waals surface area contributed by atoms with Gasteiger partial charge in [-0.2, -0.15) is 0 Å². The Morgan fingerprint density at radius 1 is 0.885 bits per heavy atom. The van der Waals surface area contributed by atoms with Crippen molar-refractivity contribution in [2.75, 3.05) is 13.2 Å². The lowest BCUT2D eigenvalue weighted by Crippen LogP contribution is -2.65. The van der Waals surface area contributed by atoms with E-state index in [9.17, 15) is 40.5 Å². The van der Waals surface area contributed by atoms with E-state index in [4.69, 9.17) is 18.9 Å². The summed E-state index contributed by atoms with van der Waals surface area (Å²) in [6, 6.07) is 0. The first-order valence-electron chi connectivity index (χ1n) is 19.4. The van der Waals surface area contributed by atoms with Gasteiger partial charge < -0.3 is 54.7 Å². The summed E-state index contributed by atoms with van der Waals surface area (Å²) in [7, 11) is 0. The third kappa shape index (κ3) is 7.04. The largest absolute Gasteiger partial charge is 0.394 e. The summed E-state index contributed by atoms with van der Waals surface area (Å²) in [5.41, 5.74) is 5.65. The molecule has 1 saturated carbocycles. The molecule has 0 radical (unpaired) electrons. The summed E-state index contributed by atoms with van der Waals surface area (Å²) in [5.74, 6) is 1.34. The van der Waals surface area contributed by atoms with Crippen LogP contribution in [0.1, 0.15) is 92.9 Å². The van der Waals surface area contributed by atoms with Crippen LogP contribution in [0.15, 0.2) is 34.4 Å². The van der Waals surface area contributed by atoms with Crippen molar-refractivity contribution in [2.24, 2.45) is 34.5 Å². The van der Waals surface area contributed by atoms with Crippen LogP contribution in [0.25, 0.3) is 0 Å². The molecule has 6 rings (SSSR count). The van der Waals surface area contributed by atoms with Crippen LogP contribution in [-0.4, -0.2) is 122 Å². The summed E-state index contributed by atoms with van der Waals surface area (Å²) < 4.78 is 24.1. The van der Waals surface area contributed by atoms with E-state index in [1.54, 1.807) is 11.6 Å². The molecule has 17 unspecified atom stereocenters. The van der Waals surface area contributed by atoms with Gasteiger partial charge in [-0.3, -0.25) is 4.79 Å². The number of carbonyl (C=O) groups excluding carboxylic acids is 1. The highest BCUT2D eigenvalue weighted by atomic mass is 16.8. The fourth-order valence-electron chi connectivity index (χ4n) is 11.0. The molecule has 0 spiro atoms. The highest BCUT2D eigenvalue weighted by Crippen LogP contribution is 2.65. The van der Waals surface area contributed by atoms with E-state index in [0.717, 1.165) is 44.1 Å². The van der Waals surface area contributed by atoms with Gasteiger partial charge in [-0.15, -0.1) is 0 Å². The number of allylic oxidation sites excluding steroid dienone is 6. The van der Waals surface area contributed by atoms with Crippen molar-refractivity contribution in [3.8, 4) is 0 Å². The number of rotatable bonds is 10. The van der Waals surface area contributed by atoms with E-state index in [2.05, 4.69) is 33.8 Å². The van der Waals surface area contributed by atoms with Gasteiger partial charge in [0.1, 0.15) is 48.8 Å². The smallest absolute Gasteiger partial charge is 0.187 e. The Balaban J connectivity index is 1.18. The maximum absolute atomic E-state index is 12.7. The average Bonchev–Trinajstić information content (AvgIpc) is 3.46. The van der Waals surface area contributed by atoms with E-state index in [1.807, 2.05) is 13.8 Å². The van der Waals surface area contributed by atoms with Crippen molar-refractivity contribution in [1.82, 2.24) is 0 Å². The maximum Gasteiger partial charge on any atom is 0.187 e. The molecule has 2 aliphatic heterocycles. The van der Waals surface area contributed by atoms with Gasteiger partial charge in [0.25, 0.3) is 0 Å². The van der Waals surface area contributed by atoms with Crippen LogP contribution in [-0.2, 0) is 23.7 Å². The molecule has 2 saturated heterocycles. The molecule has 6 aliphatic rings. The van der Waals surface area contributed by atoms with Crippen LogP contribution < -0.4 is 0 Å². The summed E-state index contributed by atoms with van der Waals surface area (Å²) in [5, 5.41) is 72.7. The second-order valence-corrected chi connectivity index (χ2v) is 17.3. The molecule has 52 heavy (non-hydrogen) atoms. The molecule has 12 nitrogen and oxygen atoms in total. The second-order valence-electron chi connectivity index (χ2n) is 17.3. The third-order valence-electron chi connectivity index (χ3n) is 13.9. The molecular formula is C40H62O12. The van der Waals surface area contributed by atoms with Gasteiger partial charge in [-0.05, 0) is 111 Å². The molecule has 0 aromatic rings. The van der Waals surface area contributed by atoms with Crippen LogP contribution in [0.4, 0.5) is 0 Å². The molecule has 7 N–H and O–H groups in total. The van der Waals surface area contributed by atoms with Gasteiger partial charge in [0.05, 0.1) is 19.3 Å². The van der Waals surface area contributed by atoms with E-state index >= 15 is 0 Å². The quantitative estimate of drug-likeness (QED) is 0.162. The van der Waals surface area contributed by atoms with Crippen LogP contribution in [0.5, 0.6) is 0 Å². The Bertz CT molecular complexity index is 1400. The van der Waals surface area contributed by atoms with E-state index in [1.165, 1.54) is 11.1 Å². The molecule has 2 heterocycles. The van der Waals surface area contributed by atoms with Crippen molar-refractivity contribution in [3.05, 3.63) is 34.4 Å². The van der Waals surface area contributed by atoms with Gasteiger partial charge in [0.15, 0.2) is 18.4 Å². The van der Waals surface area contributed by atoms with Crippen molar-refractivity contribution in [1.29, 1.82) is 0 Å². The Hall–Kier alpha value is -1.55. The molecule has 12 heteroatoms.